The maximum absolute atomic E-state index is 13.3. The average Bonchev–Trinajstić information content (AvgIpc) is 3.25. The van der Waals surface area contributed by atoms with E-state index in [1.165, 1.54) is 11.3 Å². The number of rotatable bonds is 4. The number of nitrogens with zero attached hydrogens (tertiary/aromatic N) is 3. The van der Waals surface area contributed by atoms with Gasteiger partial charge in [-0.05, 0) is 49.7 Å². The second kappa shape index (κ2) is 8.51. The predicted octanol–water partition coefficient (Wildman–Crippen LogP) is 4.52. The lowest BCUT2D eigenvalue weighted by molar-refractivity contribution is 0.0935. The molecule has 3 aromatic heterocycles. The molecule has 9 heteroatoms. The number of thiophene rings is 1. The van der Waals surface area contributed by atoms with Crippen molar-refractivity contribution in [1.29, 1.82) is 0 Å². The first-order valence-corrected chi connectivity index (χ1v) is 12.1. The predicted molar refractivity (Wildman–Crippen MR) is 134 cm³/mol. The van der Waals surface area contributed by atoms with Crippen LogP contribution in [-0.4, -0.2) is 41.0 Å². The molecule has 2 aliphatic heterocycles. The number of nitrogens with one attached hydrogen (secondary N) is 3. The number of benzene rings is 1. The molecular weight excluding hydrogens is 448 g/mol. The SMILES string of the molecule is O=C(NC1CCCNC1)c1sc2nccc3c2c1NC(=O)N3c1cccc(-c2ccccn2)c1. The lowest BCUT2D eigenvalue weighted by Crippen LogP contribution is -2.45. The Kier molecular flexibility index (Phi) is 5.20. The lowest BCUT2D eigenvalue weighted by Gasteiger charge is -2.29. The minimum atomic E-state index is -0.315. The molecule has 1 saturated heterocycles. The summed E-state index contributed by atoms with van der Waals surface area (Å²) in [5.74, 6) is -0.177. The molecule has 5 heterocycles. The summed E-state index contributed by atoms with van der Waals surface area (Å²) in [5.41, 5.74) is 3.69. The summed E-state index contributed by atoms with van der Waals surface area (Å²) in [6.45, 7) is 1.73. The lowest BCUT2D eigenvalue weighted by atomic mass is 10.1. The normalized spacial score (nSPS) is 17.5. The Morgan fingerprint density at radius 3 is 2.88 bits per heavy atom. The van der Waals surface area contributed by atoms with Crippen LogP contribution < -0.4 is 20.9 Å². The molecule has 1 unspecified atom stereocenters. The Hall–Kier alpha value is -3.82. The first kappa shape index (κ1) is 20.8. The van der Waals surface area contributed by atoms with Crippen molar-refractivity contribution in [1.82, 2.24) is 20.6 Å². The second-order valence-electron chi connectivity index (χ2n) is 8.36. The third-order valence-electron chi connectivity index (χ3n) is 6.15. The zero-order chi connectivity index (χ0) is 23.1. The van der Waals surface area contributed by atoms with Gasteiger partial charge in [-0.15, -0.1) is 11.3 Å². The van der Waals surface area contributed by atoms with Crippen LogP contribution in [0.2, 0.25) is 0 Å². The summed E-state index contributed by atoms with van der Waals surface area (Å²) in [6.07, 6.45) is 5.39. The van der Waals surface area contributed by atoms with Gasteiger partial charge in [0.15, 0.2) is 0 Å². The Balaban J connectivity index is 1.40. The number of hydrogen-bond acceptors (Lipinski definition) is 6. The summed E-state index contributed by atoms with van der Waals surface area (Å²) < 4.78 is 0. The standard InChI is InChI=1S/C25H22N6O2S/c32-23(29-16-6-4-10-26-14-16)22-21-20-19(9-12-28-24(20)34-22)31(25(33)30-21)17-7-3-5-15(13-17)18-8-1-2-11-27-18/h1-3,5,7-9,11-13,16,26H,4,6,10,14H2,(H,29,32)(H,30,33). The van der Waals surface area contributed by atoms with Crippen molar-refractivity contribution in [3.05, 3.63) is 65.8 Å². The van der Waals surface area contributed by atoms with E-state index in [-0.39, 0.29) is 18.0 Å². The minimum absolute atomic E-state index is 0.0798. The molecule has 4 aromatic rings. The molecule has 8 nitrogen and oxygen atoms in total. The largest absolute Gasteiger partial charge is 0.347 e. The van der Waals surface area contributed by atoms with Gasteiger partial charge in [0.05, 0.1) is 28.1 Å². The first-order valence-electron chi connectivity index (χ1n) is 11.2. The summed E-state index contributed by atoms with van der Waals surface area (Å²) >= 11 is 1.30. The van der Waals surface area contributed by atoms with E-state index in [0.29, 0.717) is 26.8 Å². The Morgan fingerprint density at radius 1 is 1.12 bits per heavy atom. The van der Waals surface area contributed by atoms with Crippen molar-refractivity contribution < 1.29 is 9.59 Å². The van der Waals surface area contributed by atoms with E-state index in [1.54, 1.807) is 17.3 Å². The van der Waals surface area contributed by atoms with Crippen molar-refractivity contribution in [2.75, 3.05) is 23.3 Å². The van der Waals surface area contributed by atoms with Crippen molar-refractivity contribution in [2.24, 2.45) is 0 Å². The van der Waals surface area contributed by atoms with Crippen LogP contribution in [0.15, 0.2) is 60.9 Å². The number of pyridine rings is 2. The average molecular weight is 471 g/mol. The van der Waals surface area contributed by atoms with E-state index in [9.17, 15) is 9.59 Å². The van der Waals surface area contributed by atoms with Gasteiger partial charge < -0.3 is 16.0 Å². The molecule has 3 N–H and O–H groups in total. The van der Waals surface area contributed by atoms with Crippen LogP contribution >= 0.6 is 11.3 Å². The van der Waals surface area contributed by atoms with E-state index in [4.69, 9.17) is 0 Å². The molecule has 3 amide bonds. The van der Waals surface area contributed by atoms with Gasteiger partial charge in [-0.1, -0.05) is 18.2 Å². The van der Waals surface area contributed by atoms with Crippen LogP contribution in [0.3, 0.4) is 0 Å². The van der Waals surface area contributed by atoms with Crippen LogP contribution in [0.5, 0.6) is 0 Å². The van der Waals surface area contributed by atoms with Crippen LogP contribution in [0.1, 0.15) is 22.5 Å². The number of urea groups is 1. The number of anilines is 3. The second-order valence-corrected chi connectivity index (χ2v) is 9.36. The Morgan fingerprint density at radius 2 is 2.06 bits per heavy atom. The van der Waals surface area contributed by atoms with Gasteiger partial charge in [0.1, 0.15) is 9.71 Å². The van der Waals surface area contributed by atoms with Crippen LogP contribution in [0.4, 0.5) is 21.9 Å². The zero-order valence-corrected chi connectivity index (χ0v) is 19.1. The maximum atomic E-state index is 13.3. The molecule has 0 saturated carbocycles. The molecule has 0 bridgehead atoms. The maximum Gasteiger partial charge on any atom is 0.331 e. The van der Waals surface area contributed by atoms with E-state index in [0.717, 1.165) is 42.6 Å². The summed E-state index contributed by atoms with van der Waals surface area (Å²) in [5, 5.41) is 10.2. The highest BCUT2D eigenvalue weighted by Gasteiger charge is 2.33. The van der Waals surface area contributed by atoms with Crippen LogP contribution in [-0.2, 0) is 0 Å². The van der Waals surface area contributed by atoms with Gasteiger partial charge in [-0.2, -0.15) is 0 Å². The monoisotopic (exact) mass is 470 g/mol. The molecule has 34 heavy (non-hydrogen) atoms. The fraction of sp³-hybridized carbons (Fsp3) is 0.200. The van der Waals surface area contributed by atoms with Gasteiger partial charge in [-0.25, -0.2) is 9.78 Å². The van der Waals surface area contributed by atoms with Gasteiger partial charge in [0.25, 0.3) is 5.91 Å². The summed E-state index contributed by atoms with van der Waals surface area (Å²) in [6, 6.07) is 15.0. The smallest absolute Gasteiger partial charge is 0.331 e. The van der Waals surface area contributed by atoms with Gasteiger partial charge >= 0.3 is 6.03 Å². The first-order chi connectivity index (χ1) is 16.7. The summed E-state index contributed by atoms with van der Waals surface area (Å²) in [4.78, 5) is 38.2. The summed E-state index contributed by atoms with van der Waals surface area (Å²) in [7, 11) is 0. The van der Waals surface area contributed by atoms with Crippen LogP contribution in [0, 0.1) is 0 Å². The van der Waals surface area contributed by atoms with Crippen molar-refractivity contribution in [2.45, 2.75) is 18.9 Å². The van der Waals surface area contributed by atoms with E-state index >= 15 is 0 Å². The van der Waals surface area contributed by atoms with Crippen molar-refractivity contribution in [3.8, 4) is 11.3 Å². The molecule has 0 aliphatic carbocycles. The molecular formula is C25H22N6O2S. The molecule has 1 atom stereocenters. The highest BCUT2D eigenvalue weighted by molar-refractivity contribution is 7.21. The molecule has 0 spiro atoms. The van der Waals surface area contributed by atoms with Crippen LogP contribution in [0.25, 0.3) is 21.5 Å². The number of amides is 3. The fourth-order valence-electron chi connectivity index (χ4n) is 4.56. The highest BCUT2D eigenvalue weighted by atomic mass is 32.1. The molecule has 2 aliphatic rings. The van der Waals surface area contributed by atoms with E-state index < -0.39 is 0 Å². The topological polar surface area (TPSA) is 99.2 Å². The molecule has 6 rings (SSSR count). The van der Waals surface area contributed by atoms with Gasteiger partial charge in [-0.3, -0.25) is 14.7 Å². The Labute approximate surface area is 200 Å². The minimum Gasteiger partial charge on any atom is -0.347 e. The quantitative estimate of drug-likeness (QED) is 0.407. The zero-order valence-electron chi connectivity index (χ0n) is 18.2. The number of aromatic nitrogens is 2. The third-order valence-corrected chi connectivity index (χ3v) is 7.25. The Bertz CT molecular complexity index is 1400. The number of piperidine rings is 1. The van der Waals surface area contributed by atoms with E-state index in [1.807, 2.05) is 48.5 Å². The van der Waals surface area contributed by atoms with Gasteiger partial charge in [0, 0.05) is 30.5 Å². The fourth-order valence-corrected chi connectivity index (χ4v) is 5.59. The van der Waals surface area contributed by atoms with E-state index in [2.05, 4.69) is 25.9 Å². The molecule has 170 valence electrons. The molecule has 1 aromatic carbocycles. The number of hydrogen-bond donors (Lipinski definition) is 3. The highest BCUT2D eigenvalue weighted by Crippen LogP contribution is 2.46. The van der Waals surface area contributed by atoms with Crippen molar-refractivity contribution >= 4 is 50.6 Å². The third kappa shape index (κ3) is 3.59. The number of carbonyl (C=O) groups excluding carboxylic acids is 2. The van der Waals surface area contributed by atoms with Gasteiger partial charge in [0.2, 0.25) is 0 Å². The number of carbonyl (C=O) groups is 2. The molecule has 0 radical (unpaired) electrons. The molecule has 1 fully saturated rings. The van der Waals surface area contributed by atoms with Crippen molar-refractivity contribution in [3.63, 3.8) is 0 Å².